The Morgan fingerprint density at radius 2 is 1.92 bits per heavy atom. The number of nitrogens with one attached hydrogen (secondary N) is 2. The highest BCUT2D eigenvalue weighted by molar-refractivity contribution is 7.89. The maximum absolute atomic E-state index is 13.2. The van der Waals surface area contributed by atoms with Gasteiger partial charge in [0.1, 0.15) is 10.6 Å². The number of rotatable bonds is 7. The molecular weight excluding hydrogens is 364 g/mol. The molecular formula is C17H21F2N3O3S. The third-order valence-corrected chi connectivity index (χ3v) is 5.41. The molecule has 0 fully saturated rings. The van der Waals surface area contributed by atoms with E-state index in [-0.39, 0.29) is 22.2 Å². The summed E-state index contributed by atoms with van der Waals surface area (Å²) < 4.78 is 54.7. The van der Waals surface area contributed by atoms with Crippen molar-refractivity contribution in [2.75, 3.05) is 11.9 Å². The molecule has 0 saturated carbocycles. The second-order valence-corrected chi connectivity index (χ2v) is 7.89. The van der Waals surface area contributed by atoms with Crippen molar-refractivity contribution in [2.45, 2.75) is 25.2 Å². The van der Waals surface area contributed by atoms with Crippen molar-refractivity contribution in [1.82, 2.24) is 9.29 Å². The van der Waals surface area contributed by atoms with Gasteiger partial charge in [-0.1, -0.05) is 20.3 Å². The molecule has 1 aromatic carbocycles. The Balaban J connectivity index is 2.18. The molecule has 2 aromatic rings. The zero-order valence-corrected chi connectivity index (χ0v) is 15.5. The lowest BCUT2D eigenvalue weighted by Crippen LogP contribution is -2.28. The van der Waals surface area contributed by atoms with Crippen LogP contribution in [0, 0.1) is 17.6 Å². The number of benzene rings is 1. The van der Waals surface area contributed by atoms with Gasteiger partial charge in [-0.3, -0.25) is 4.79 Å². The van der Waals surface area contributed by atoms with Gasteiger partial charge in [0.2, 0.25) is 10.0 Å². The summed E-state index contributed by atoms with van der Waals surface area (Å²) in [5, 5.41) is 2.41. The standard InChI is InChI=1S/C17H21F2N3O3S/c1-4-11(2)9-20-26(24,25)13-8-16(22(3)10-13)17(23)21-12-5-6-14(18)15(19)7-12/h5-8,10-11,20H,4,9H2,1-3H3,(H,21,23)/t11-/m1/s1. The lowest BCUT2D eigenvalue weighted by molar-refractivity contribution is 0.101. The van der Waals surface area contributed by atoms with E-state index in [4.69, 9.17) is 0 Å². The molecule has 0 aliphatic heterocycles. The van der Waals surface area contributed by atoms with Crippen molar-refractivity contribution in [1.29, 1.82) is 0 Å². The predicted octanol–water partition coefficient (Wildman–Crippen LogP) is 2.88. The van der Waals surface area contributed by atoms with Crippen LogP contribution in [0.15, 0.2) is 35.4 Å². The number of sulfonamides is 1. The number of amides is 1. The number of carbonyl (C=O) groups is 1. The molecule has 0 saturated heterocycles. The Morgan fingerprint density at radius 3 is 2.54 bits per heavy atom. The number of hydrogen-bond donors (Lipinski definition) is 2. The van der Waals surface area contributed by atoms with Gasteiger partial charge in [0.15, 0.2) is 11.6 Å². The maximum atomic E-state index is 13.2. The van der Waals surface area contributed by atoms with Crippen molar-refractivity contribution in [3.05, 3.63) is 47.8 Å². The van der Waals surface area contributed by atoms with Crippen LogP contribution in [0.4, 0.5) is 14.5 Å². The highest BCUT2D eigenvalue weighted by Crippen LogP contribution is 2.17. The average Bonchev–Trinajstić information content (AvgIpc) is 2.99. The number of anilines is 1. The zero-order chi connectivity index (χ0) is 19.5. The van der Waals surface area contributed by atoms with Crippen LogP contribution in [0.3, 0.4) is 0 Å². The van der Waals surface area contributed by atoms with Gasteiger partial charge < -0.3 is 9.88 Å². The molecule has 0 spiro atoms. The number of nitrogens with zero attached hydrogens (tertiary/aromatic N) is 1. The summed E-state index contributed by atoms with van der Waals surface area (Å²) in [6.07, 6.45) is 2.15. The van der Waals surface area contributed by atoms with Crippen LogP contribution in [0.2, 0.25) is 0 Å². The molecule has 26 heavy (non-hydrogen) atoms. The third kappa shape index (κ3) is 4.67. The number of hydrogen-bond acceptors (Lipinski definition) is 3. The molecule has 0 aliphatic rings. The monoisotopic (exact) mass is 385 g/mol. The van der Waals surface area contributed by atoms with Crippen LogP contribution in [0.1, 0.15) is 30.8 Å². The Bertz CT molecular complexity index is 910. The van der Waals surface area contributed by atoms with Crippen molar-refractivity contribution < 1.29 is 22.0 Å². The first-order valence-electron chi connectivity index (χ1n) is 8.06. The SMILES string of the molecule is CC[C@@H](C)CNS(=O)(=O)c1cc(C(=O)Nc2ccc(F)c(F)c2)n(C)c1. The van der Waals surface area contributed by atoms with Gasteiger partial charge >= 0.3 is 0 Å². The number of aryl methyl sites for hydroxylation is 1. The van der Waals surface area contributed by atoms with E-state index < -0.39 is 27.6 Å². The van der Waals surface area contributed by atoms with Crippen LogP contribution >= 0.6 is 0 Å². The van der Waals surface area contributed by atoms with Gasteiger partial charge in [-0.15, -0.1) is 0 Å². The average molecular weight is 385 g/mol. The van der Waals surface area contributed by atoms with Crippen LogP contribution in [0.25, 0.3) is 0 Å². The molecule has 2 rings (SSSR count). The smallest absolute Gasteiger partial charge is 0.272 e. The fourth-order valence-corrected chi connectivity index (χ4v) is 3.39. The largest absolute Gasteiger partial charge is 0.345 e. The molecule has 0 unspecified atom stereocenters. The minimum absolute atomic E-state index is 0.0428. The van der Waals surface area contributed by atoms with Gasteiger partial charge in [-0.05, 0) is 24.1 Å². The van der Waals surface area contributed by atoms with Crippen LogP contribution in [-0.4, -0.2) is 25.4 Å². The lowest BCUT2D eigenvalue weighted by Gasteiger charge is -2.09. The summed E-state index contributed by atoms with van der Waals surface area (Å²) in [6, 6.07) is 4.19. The van der Waals surface area contributed by atoms with E-state index in [0.29, 0.717) is 6.54 Å². The maximum Gasteiger partial charge on any atom is 0.272 e. The van der Waals surface area contributed by atoms with E-state index in [1.54, 1.807) is 0 Å². The van der Waals surface area contributed by atoms with E-state index in [0.717, 1.165) is 18.6 Å². The molecule has 1 atom stereocenters. The molecule has 1 heterocycles. The Morgan fingerprint density at radius 1 is 1.23 bits per heavy atom. The predicted molar refractivity (Wildman–Crippen MR) is 94.4 cm³/mol. The first-order chi connectivity index (χ1) is 12.1. The van der Waals surface area contributed by atoms with E-state index in [2.05, 4.69) is 10.0 Å². The molecule has 0 aliphatic carbocycles. The minimum Gasteiger partial charge on any atom is -0.345 e. The fourth-order valence-electron chi connectivity index (χ4n) is 2.16. The fraction of sp³-hybridized carbons (Fsp3) is 0.353. The first-order valence-corrected chi connectivity index (χ1v) is 9.54. The van der Waals surface area contributed by atoms with Gasteiger partial charge in [-0.25, -0.2) is 21.9 Å². The second-order valence-electron chi connectivity index (χ2n) is 6.12. The number of aromatic nitrogens is 1. The van der Waals surface area contributed by atoms with E-state index in [9.17, 15) is 22.0 Å². The molecule has 6 nitrogen and oxygen atoms in total. The summed E-state index contributed by atoms with van der Waals surface area (Å²) >= 11 is 0. The van der Waals surface area contributed by atoms with Crippen LogP contribution in [-0.2, 0) is 17.1 Å². The molecule has 0 radical (unpaired) electrons. The van der Waals surface area contributed by atoms with Crippen molar-refractivity contribution in [3.63, 3.8) is 0 Å². The summed E-state index contributed by atoms with van der Waals surface area (Å²) in [5.74, 6) is -2.57. The normalized spacial score (nSPS) is 12.8. The zero-order valence-electron chi connectivity index (χ0n) is 14.7. The molecule has 1 amide bonds. The highest BCUT2D eigenvalue weighted by Gasteiger charge is 2.21. The quantitative estimate of drug-likeness (QED) is 0.769. The summed E-state index contributed by atoms with van der Waals surface area (Å²) in [6.45, 7) is 4.18. The lowest BCUT2D eigenvalue weighted by atomic mass is 10.1. The Hall–Kier alpha value is -2.26. The molecule has 142 valence electrons. The first kappa shape index (κ1) is 20.1. The van der Waals surface area contributed by atoms with Crippen molar-refractivity contribution in [2.24, 2.45) is 13.0 Å². The second kappa shape index (κ2) is 7.96. The van der Waals surface area contributed by atoms with E-state index in [1.165, 1.54) is 29.9 Å². The number of halogens is 2. The third-order valence-electron chi connectivity index (χ3n) is 4.02. The van der Waals surface area contributed by atoms with Gasteiger partial charge in [0.05, 0.1) is 0 Å². The molecule has 9 heteroatoms. The Labute approximate surface area is 151 Å². The minimum atomic E-state index is -3.75. The summed E-state index contributed by atoms with van der Waals surface area (Å²) in [7, 11) is -2.22. The van der Waals surface area contributed by atoms with Gasteiger partial charge in [-0.2, -0.15) is 0 Å². The van der Waals surface area contributed by atoms with E-state index >= 15 is 0 Å². The topological polar surface area (TPSA) is 80.2 Å². The van der Waals surface area contributed by atoms with Crippen LogP contribution in [0.5, 0.6) is 0 Å². The summed E-state index contributed by atoms with van der Waals surface area (Å²) in [5.41, 5.74) is 0.132. The molecule has 2 N–H and O–H groups in total. The highest BCUT2D eigenvalue weighted by atomic mass is 32.2. The van der Waals surface area contributed by atoms with E-state index in [1.807, 2.05) is 13.8 Å². The van der Waals surface area contributed by atoms with Crippen molar-refractivity contribution >= 4 is 21.6 Å². The van der Waals surface area contributed by atoms with Gasteiger partial charge in [0, 0.05) is 31.5 Å². The summed E-state index contributed by atoms with van der Waals surface area (Å²) in [4.78, 5) is 12.3. The molecule has 1 aromatic heterocycles. The van der Waals surface area contributed by atoms with Crippen molar-refractivity contribution in [3.8, 4) is 0 Å². The van der Waals surface area contributed by atoms with Crippen LogP contribution < -0.4 is 10.0 Å². The number of carbonyl (C=O) groups excluding carboxylic acids is 1. The molecule has 0 bridgehead atoms. The Kier molecular flexibility index (Phi) is 6.14. The van der Waals surface area contributed by atoms with Gasteiger partial charge in [0.25, 0.3) is 5.91 Å².